The van der Waals surface area contributed by atoms with Crippen molar-refractivity contribution in [3.8, 4) is 45.0 Å². The van der Waals surface area contributed by atoms with E-state index in [1.54, 1.807) is 0 Å². The Labute approximate surface area is 383 Å². The van der Waals surface area contributed by atoms with Crippen LogP contribution in [0.3, 0.4) is 0 Å². The molecule has 0 aliphatic heterocycles. The van der Waals surface area contributed by atoms with E-state index in [4.69, 9.17) is 20.4 Å². The minimum absolute atomic E-state index is 0.304. The maximum atomic E-state index is 8.80. The van der Waals surface area contributed by atoms with Gasteiger partial charge in [-0.05, 0) is 99.3 Å². The second-order valence-electron chi connectivity index (χ2n) is 17.0. The van der Waals surface area contributed by atoms with E-state index < -0.39 is 0 Å². The van der Waals surface area contributed by atoms with Crippen LogP contribution in [-0.4, -0.2) is 21.9 Å². The number of fused-ring (bicyclic) bond motifs is 1. The molecular formula is C61H50N4. The van der Waals surface area contributed by atoms with Gasteiger partial charge in [0.05, 0.1) is 22.8 Å². The predicted octanol–water partition coefficient (Wildman–Crippen LogP) is 15.1. The molecule has 65 heavy (non-hydrogen) atoms. The summed E-state index contributed by atoms with van der Waals surface area (Å²) in [6, 6.07) is 66.5. The van der Waals surface area contributed by atoms with Crippen molar-refractivity contribution in [3.05, 3.63) is 263 Å². The standard InChI is InChI=1S/C61H50N4/c1-5-44-36-52-33-32-51(50-30-18-20-43(35-50)41-63-57(46-23-12-7-13-24-46)39-56(62)45-21-10-6-11-22-45)38-55(52)61(3,4)54(44)34-42(2)49-29-19-31-53(37-49)60-64-58(47-25-14-8-15-26-47)40-59(65-60)48-27-16-9-17-28-48/h5-35,37-41,62H,1,36H2,2-4H3/b42-34+,57-39-,62-56?,63-41+. The molecular weight excluding hydrogens is 789 g/mol. The van der Waals surface area contributed by atoms with Crippen molar-refractivity contribution in [2.24, 2.45) is 4.99 Å². The van der Waals surface area contributed by atoms with Gasteiger partial charge in [0.1, 0.15) is 0 Å². The lowest BCUT2D eigenvalue weighted by atomic mass is 9.67. The van der Waals surface area contributed by atoms with Crippen molar-refractivity contribution in [2.75, 3.05) is 0 Å². The van der Waals surface area contributed by atoms with E-state index in [0.29, 0.717) is 11.5 Å². The van der Waals surface area contributed by atoms with Crippen molar-refractivity contribution in [3.63, 3.8) is 0 Å². The van der Waals surface area contributed by atoms with Gasteiger partial charge >= 0.3 is 0 Å². The second-order valence-corrected chi connectivity index (χ2v) is 17.0. The number of hydrogen-bond acceptors (Lipinski definition) is 4. The third kappa shape index (κ3) is 9.34. The van der Waals surface area contributed by atoms with E-state index in [0.717, 1.165) is 79.1 Å². The molecule has 0 spiro atoms. The maximum absolute atomic E-state index is 8.80. The fourth-order valence-corrected chi connectivity index (χ4v) is 8.67. The molecule has 0 saturated heterocycles. The van der Waals surface area contributed by atoms with E-state index in [2.05, 4.69) is 130 Å². The first-order valence-corrected chi connectivity index (χ1v) is 22.1. The molecule has 0 radical (unpaired) electrons. The van der Waals surface area contributed by atoms with Crippen LogP contribution >= 0.6 is 0 Å². The van der Waals surface area contributed by atoms with Gasteiger partial charge in [-0.2, -0.15) is 0 Å². The summed E-state index contributed by atoms with van der Waals surface area (Å²) in [7, 11) is 0. The van der Waals surface area contributed by atoms with Gasteiger partial charge in [-0.1, -0.05) is 202 Å². The topological polar surface area (TPSA) is 62.0 Å². The molecule has 1 N–H and O–H groups in total. The van der Waals surface area contributed by atoms with Crippen LogP contribution in [0, 0.1) is 5.41 Å². The van der Waals surface area contributed by atoms with Crippen LogP contribution < -0.4 is 0 Å². The minimum atomic E-state index is -0.304. The molecule has 0 atom stereocenters. The van der Waals surface area contributed by atoms with E-state index in [1.165, 1.54) is 22.3 Å². The first kappa shape index (κ1) is 42.2. The van der Waals surface area contributed by atoms with Crippen molar-refractivity contribution in [2.45, 2.75) is 32.6 Å². The number of aromatic nitrogens is 2. The molecule has 1 aliphatic rings. The Hall–Kier alpha value is -8.08. The zero-order valence-corrected chi connectivity index (χ0v) is 37.0. The Morgan fingerprint density at radius 2 is 1.14 bits per heavy atom. The molecule has 0 bridgehead atoms. The van der Waals surface area contributed by atoms with Gasteiger partial charge in [0.15, 0.2) is 5.82 Å². The van der Waals surface area contributed by atoms with Gasteiger partial charge in [0.25, 0.3) is 0 Å². The predicted molar refractivity (Wildman–Crippen MR) is 273 cm³/mol. The largest absolute Gasteiger partial charge is 0.300 e. The summed E-state index contributed by atoms with van der Waals surface area (Å²) in [5.41, 5.74) is 18.1. The Kier molecular flexibility index (Phi) is 12.2. The molecule has 9 rings (SSSR count). The summed E-state index contributed by atoms with van der Waals surface area (Å²) in [6.45, 7) is 11.2. The molecule has 0 fully saturated rings. The molecule has 0 unspecified atom stereocenters. The first-order chi connectivity index (χ1) is 31.7. The smallest absolute Gasteiger partial charge is 0.160 e. The van der Waals surface area contributed by atoms with Crippen LogP contribution in [-0.2, 0) is 11.8 Å². The summed E-state index contributed by atoms with van der Waals surface area (Å²) < 4.78 is 0. The highest BCUT2D eigenvalue weighted by Crippen LogP contribution is 2.44. The van der Waals surface area contributed by atoms with Crippen LogP contribution in [0.25, 0.3) is 56.3 Å². The lowest BCUT2D eigenvalue weighted by Gasteiger charge is -2.36. The van der Waals surface area contributed by atoms with Gasteiger partial charge in [-0.15, -0.1) is 0 Å². The summed E-state index contributed by atoms with van der Waals surface area (Å²) in [4.78, 5) is 15.2. The Bertz CT molecular complexity index is 3100. The second kappa shape index (κ2) is 18.7. The Balaban J connectivity index is 1.02. The average Bonchev–Trinajstić information content (AvgIpc) is 3.37. The molecule has 7 aromatic carbocycles. The van der Waals surface area contributed by atoms with Crippen LogP contribution in [0.1, 0.15) is 54.2 Å². The lowest BCUT2D eigenvalue weighted by Crippen LogP contribution is -2.27. The summed E-state index contributed by atoms with van der Waals surface area (Å²) in [5.74, 6) is 0.692. The van der Waals surface area contributed by atoms with E-state index in [1.807, 2.05) is 115 Å². The SMILES string of the molecule is C=CC1=C(/C=C(\C)c2cccc(-c3nc(-c4ccccc4)cc(-c4ccccc4)n3)c2)C(C)(C)c2cc(-c3cccc(/C=N/C(=C\C(=N)c4ccccc4)c4ccccc4)c3)ccc2C1. The number of allylic oxidation sites excluding steroid dienone is 6. The van der Waals surface area contributed by atoms with Crippen molar-refractivity contribution in [1.29, 1.82) is 5.41 Å². The number of aliphatic imine (C=N–C) groups is 1. The first-order valence-electron chi connectivity index (χ1n) is 22.1. The van der Waals surface area contributed by atoms with E-state index in [-0.39, 0.29) is 5.41 Å². The number of nitrogens with one attached hydrogen (secondary N) is 1. The highest BCUT2D eigenvalue weighted by molar-refractivity contribution is 6.10. The number of hydrogen-bond donors (Lipinski definition) is 1. The average molecular weight is 839 g/mol. The fraction of sp³-hybridized carbons (Fsp3) is 0.0820. The molecule has 4 heteroatoms. The van der Waals surface area contributed by atoms with Gasteiger partial charge in [0.2, 0.25) is 0 Å². The maximum Gasteiger partial charge on any atom is 0.160 e. The molecule has 1 aliphatic carbocycles. The highest BCUT2D eigenvalue weighted by atomic mass is 14.9. The van der Waals surface area contributed by atoms with Gasteiger partial charge in [-0.3, -0.25) is 4.99 Å². The zero-order valence-electron chi connectivity index (χ0n) is 37.0. The van der Waals surface area contributed by atoms with Crippen LogP contribution in [0.15, 0.2) is 235 Å². The molecule has 4 nitrogen and oxygen atoms in total. The summed E-state index contributed by atoms with van der Waals surface area (Å²) >= 11 is 0. The summed E-state index contributed by atoms with van der Waals surface area (Å²) in [5, 5.41) is 8.80. The Morgan fingerprint density at radius 3 is 1.78 bits per heavy atom. The van der Waals surface area contributed by atoms with E-state index in [9.17, 15) is 0 Å². The molecule has 1 heterocycles. The lowest BCUT2D eigenvalue weighted by molar-refractivity contribution is 0.611. The molecule has 0 saturated carbocycles. The van der Waals surface area contributed by atoms with E-state index >= 15 is 0 Å². The molecule has 1 aromatic heterocycles. The number of rotatable bonds is 12. The fourth-order valence-electron chi connectivity index (χ4n) is 8.67. The van der Waals surface area contributed by atoms with Crippen molar-refractivity contribution >= 4 is 23.2 Å². The third-order valence-corrected chi connectivity index (χ3v) is 12.2. The monoisotopic (exact) mass is 838 g/mol. The minimum Gasteiger partial charge on any atom is -0.300 e. The van der Waals surface area contributed by atoms with Crippen LogP contribution in [0.4, 0.5) is 0 Å². The highest BCUT2D eigenvalue weighted by Gasteiger charge is 2.33. The van der Waals surface area contributed by atoms with Crippen molar-refractivity contribution < 1.29 is 0 Å². The van der Waals surface area contributed by atoms with Gasteiger partial charge in [-0.25, -0.2) is 9.97 Å². The van der Waals surface area contributed by atoms with Crippen molar-refractivity contribution in [1.82, 2.24) is 9.97 Å². The molecule has 0 amide bonds. The number of benzene rings is 7. The van der Waals surface area contributed by atoms with Gasteiger partial charge < -0.3 is 5.41 Å². The molecule has 8 aromatic rings. The Morgan fingerprint density at radius 1 is 0.585 bits per heavy atom. The molecule has 314 valence electrons. The quantitative estimate of drug-likeness (QED) is 0.125. The van der Waals surface area contributed by atoms with Crippen LogP contribution in [0.5, 0.6) is 0 Å². The van der Waals surface area contributed by atoms with Crippen LogP contribution in [0.2, 0.25) is 0 Å². The normalized spacial score (nSPS) is 13.7. The number of nitrogens with zero attached hydrogens (tertiary/aromatic N) is 3. The zero-order chi connectivity index (χ0) is 44.8. The third-order valence-electron chi connectivity index (χ3n) is 12.2. The van der Waals surface area contributed by atoms with Gasteiger partial charge in [0, 0.05) is 33.9 Å². The summed E-state index contributed by atoms with van der Waals surface area (Å²) in [6.07, 6.45) is 8.94.